The van der Waals surface area contributed by atoms with Crippen LogP contribution in [0.2, 0.25) is 0 Å². The summed E-state index contributed by atoms with van der Waals surface area (Å²) in [5.41, 5.74) is 13.8. The molecule has 8 nitrogen and oxygen atoms in total. The second kappa shape index (κ2) is 7.47. The first-order valence-electron chi connectivity index (χ1n) is 9.48. The van der Waals surface area contributed by atoms with Gasteiger partial charge in [0.2, 0.25) is 5.95 Å². The van der Waals surface area contributed by atoms with E-state index in [2.05, 4.69) is 20.6 Å². The lowest BCUT2D eigenvalue weighted by molar-refractivity contribution is 0.100. The molecule has 28 heavy (non-hydrogen) atoms. The minimum Gasteiger partial charge on any atom is -0.365 e. The molecule has 2 aromatic heterocycles. The fraction of sp³-hybridized carbons (Fsp3) is 0.350. The highest BCUT2D eigenvalue weighted by molar-refractivity contribution is 6.00. The van der Waals surface area contributed by atoms with Crippen LogP contribution in [0.5, 0.6) is 0 Å². The Labute approximate surface area is 163 Å². The summed E-state index contributed by atoms with van der Waals surface area (Å²) < 4.78 is 2.03. The predicted octanol–water partition coefficient (Wildman–Crippen LogP) is 2.35. The smallest absolute Gasteiger partial charge is 0.254 e. The monoisotopic (exact) mass is 379 g/mol. The van der Waals surface area contributed by atoms with Gasteiger partial charge in [-0.1, -0.05) is 18.9 Å². The van der Waals surface area contributed by atoms with Crippen LogP contribution in [0.15, 0.2) is 36.7 Å². The van der Waals surface area contributed by atoms with Gasteiger partial charge in [0.15, 0.2) is 0 Å². The average Bonchev–Trinajstić information content (AvgIpc) is 3.40. The Hall–Kier alpha value is -3.13. The predicted molar refractivity (Wildman–Crippen MR) is 111 cm³/mol. The van der Waals surface area contributed by atoms with Gasteiger partial charge in [0.05, 0.1) is 0 Å². The number of benzene rings is 1. The van der Waals surface area contributed by atoms with Crippen LogP contribution >= 0.6 is 0 Å². The summed E-state index contributed by atoms with van der Waals surface area (Å²) >= 11 is 0. The third kappa shape index (κ3) is 3.91. The Morgan fingerprint density at radius 2 is 2.18 bits per heavy atom. The van der Waals surface area contributed by atoms with E-state index in [0.29, 0.717) is 18.3 Å². The van der Waals surface area contributed by atoms with Gasteiger partial charge in [-0.25, -0.2) is 4.98 Å². The van der Waals surface area contributed by atoms with Crippen LogP contribution in [0.1, 0.15) is 29.6 Å². The van der Waals surface area contributed by atoms with Gasteiger partial charge in [-0.3, -0.25) is 4.79 Å². The minimum atomic E-state index is -0.584. The number of hydrogen-bond donors (Lipinski definition) is 4. The molecule has 146 valence electrons. The van der Waals surface area contributed by atoms with Crippen LogP contribution in [0.3, 0.4) is 0 Å². The molecule has 6 N–H and O–H groups in total. The van der Waals surface area contributed by atoms with E-state index in [-0.39, 0.29) is 11.6 Å². The van der Waals surface area contributed by atoms with Gasteiger partial charge < -0.3 is 26.7 Å². The maximum absolute atomic E-state index is 11.8. The molecule has 0 spiro atoms. The molecule has 0 bridgehead atoms. The number of aryl methyl sites for hydroxylation is 1. The molecule has 1 aliphatic rings. The molecule has 1 unspecified atom stereocenters. The highest BCUT2D eigenvalue weighted by Crippen LogP contribution is 2.33. The normalized spacial score (nSPS) is 14.8. The van der Waals surface area contributed by atoms with Crippen molar-refractivity contribution >= 4 is 34.3 Å². The molecule has 1 aliphatic carbocycles. The number of fused-ring (bicyclic) bond motifs is 1. The lowest BCUT2D eigenvalue weighted by atomic mass is 10.1. The Morgan fingerprint density at radius 3 is 2.93 bits per heavy atom. The fourth-order valence-electron chi connectivity index (χ4n) is 3.37. The maximum atomic E-state index is 11.8. The number of carbonyl (C=O) groups is 1. The van der Waals surface area contributed by atoms with Gasteiger partial charge in [-0.15, -0.1) is 0 Å². The molecule has 0 aliphatic heterocycles. The van der Waals surface area contributed by atoms with Crippen LogP contribution < -0.4 is 22.1 Å². The van der Waals surface area contributed by atoms with E-state index < -0.39 is 5.91 Å². The lowest BCUT2D eigenvalue weighted by Gasteiger charge is -2.14. The van der Waals surface area contributed by atoms with Crippen LogP contribution in [-0.4, -0.2) is 33.0 Å². The van der Waals surface area contributed by atoms with E-state index in [4.69, 9.17) is 11.5 Å². The molecule has 4 rings (SSSR count). The third-order valence-corrected chi connectivity index (χ3v) is 5.09. The molecular weight excluding hydrogens is 354 g/mol. The summed E-state index contributed by atoms with van der Waals surface area (Å²) in [7, 11) is 1.98. The molecule has 1 aromatic carbocycles. The first kappa shape index (κ1) is 18.2. The topological polar surface area (TPSA) is 124 Å². The zero-order valence-corrected chi connectivity index (χ0v) is 15.9. The third-order valence-electron chi connectivity index (χ3n) is 5.09. The van der Waals surface area contributed by atoms with Gasteiger partial charge in [0.1, 0.15) is 11.4 Å². The molecule has 0 saturated heterocycles. The molecule has 1 fully saturated rings. The SMILES string of the molecule is Cn1ccc2c(Nc3nc(NCC(N)CC4CC4)ncc3C(N)=O)cccc21. The van der Waals surface area contributed by atoms with Crippen LogP contribution in [0.4, 0.5) is 17.5 Å². The average molecular weight is 379 g/mol. The number of primary amides is 1. The summed E-state index contributed by atoms with van der Waals surface area (Å²) in [5.74, 6) is 0.967. The zero-order valence-electron chi connectivity index (χ0n) is 15.9. The van der Waals surface area contributed by atoms with E-state index in [1.165, 1.54) is 19.0 Å². The number of nitrogens with zero attached hydrogens (tertiary/aromatic N) is 3. The summed E-state index contributed by atoms with van der Waals surface area (Å²) in [5, 5.41) is 7.44. The number of amides is 1. The molecule has 1 amide bonds. The van der Waals surface area contributed by atoms with Crippen LogP contribution in [-0.2, 0) is 7.05 Å². The van der Waals surface area contributed by atoms with Gasteiger partial charge in [-0.2, -0.15) is 4.98 Å². The first-order chi connectivity index (χ1) is 13.5. The largest absolute Gasteiger partial charge is 0.365 e. The van der Waals surface area contributed by atoms with Crippen molar-refractivity contribution in [2.75, 3.05) is 17.2 Å². The molecule has 2 heterocycles. The van der Waals surface area contributed by atoms with Crippen molar-refractivity contribution in [3.63, 3.8) is 0 Å². The number of aromatic nitrogens is 3. The van der Waals surface area contributed by atoms with Crippen molar-refractivity contribution in [1.29, 1.82) is 0 Å². The summed E-state index contributed by atoms with van der Waals surface area (Å²) in [6.07, 6.45) is 6.98. The Balaban J connectivity index is 1.57. The number of anilines is 3. The van der Waals surface area contributed by atoms with Crippen molar-refractivity contribution in [1.82, 2.24) is 14.5 Å². The van der Waals surface area contributed by atoms with E-state index in [1.54, 1.807) is 0 Å². The second-order valence-corrected chi connectivity index (χ2v) is 7.43. The minimum absolute atomic E-state index is 0.0568. The van der Waals surface area contributed by atoms with E-state index in [1.807, 2.05) is 42.1 Å². The molecule has 3 aromatic rings. The highest BCUT2D eigenvalue weighted by Gasteiger charge is 2.23. The molecule has 8 heteroatoms. The standard InChI is InChI=1S/C20H25N7O/c1-27-8-7-14-16(3-2-4-17(14)27)25-19-15(18(22)28)11-24-20(26-19)23-10-13(21)9-12-5-6-12/h2-4,7-8,11-13H,5-6,9-10,21H2,1H3,(H2,22,28)(H2,23,24,25,26). The fourth-order valence-corrected chi connectivity index (χ4v) is 3.37. The number of nitrogens with two attached hydrogens (primary N) is 2. The molecule has 1 atom stereocenters. The van der Waals surface area contributed by atoms with E-state index in [0.717, 1.165) is 28.9 Å². The Kier molecular flexibility index (Phi) is 4.87. The first-order valence-corrected chi connectivity index (χ1v) is 9.48. The summed E-state index contributed by atoms with van der Waals surface area (Å²) in [6, 6.07) is 7.99. The van der Waals surface area contributed by atoms with Gasteiger partial charge in [0.25, 0.3) is 5.91 Å². The Morgan fingerprint density at radius 1 is 1.36 bits per heavy atom. The molecule has 0 radical (unpaired) electrons. The number of rotatable bonds is 8. The van der Waals surface area contributed by atoms with Crippen molar-refractivity contribution in [3.05, 3.63) is 42.2 Å². The van der Waals surface area contributed by atoms with Crippen molar-refractivity contribution in [3.8, 4) is 0 Å². The quantitative estimate of drug-likeness (QED) is 0.476. The van der Waals surface area contributed by atoms with Crippen molar-refractivity contribution in [2.45, 2.75) is 25.3 Å². The van der Waals surface area contributed by atoms with Gasteiger partial charge in [-0.05, 0) is 30.5 Å². The van der Waals surface area contributed by atoms with Crippen LogP contribution in [0, 0.1) is 5.92 Å². The maximum Gasteiger partial charge on any atom is 0.254 e. The number of carbonyl (C=O) groups excluding carboxylic acids is 1. The van der Waals surface area contributed by atoms with Gasteiger partial charge >= 0.3 is 0 Å². The van der Waals surface area contributed by atoms with Gasteiger partial charge in [0, 0.05) is 48.6 Å². The number of hydrogen-bond acceptors (Lipinski definition) is 6. The summed E-state index contributed by atoms with van der Waals surface area (Å²) in [4.78, 5) is 20.5. The zero-order chi connectivity index (χ0) is 19.7. The van der Waals surface area contributed by atoms with Crippen LogP contribution in [0.25, 0.3) is 10.9 Å². The van der Waals surface area contributed by atoms with E-state index >= 15 is 0 Å². The number of nitrogens with one attached hydrogen (secondary N) is 2. The Bertz CT molecular complexity index is 1010. The highest BCUT2D eigenvalue weighted by atomic mass is 16.1. The second-order valence-electron chi connectivity index (χ2n) is 7.43. The van der Waals surface area contributed by atoms with Crippen molar-refractivity contribution in [2.24, 2.45) is 24.4 Å². The lowest BCUT2D eigenvalue weighted by Crippen LogP contribution is -2.30. The summed E-state index contributed by atoms with van der Waals surface area (Å²) in [6.45, 7) is 0.583. The van der Waals surface area contributed by atoms with E-state index in [9.17, 15) is 4.79 Å². The molecular formula is C20H25N7O. The molecule has 1 saturated carbocycles. The van der Waals surface area contributed by atoms with Crippen molar-refractivity contribution < 1.29 is 4.79 Å².